The van der Waals surface area contributed by atoms with E-state index in [2.05, 4.69) is 56.3 Å². The fraction of sp³-hybridized carbons (Fsp3) is 0.0455. The van der Waals surface area contributed by atoms with Gasteiger partial charge in [-0.05, 0) is 36.8 Å². The van der Waals surface area contributed by atoms with Crippen molar-refractivity contribution in [2.75, 3.05) is 0 Å². The molecule has 4 aromatic heterocycles. The van der Waals surface area contributed by atoms with Crippen molar-refractivity contribution in [3.63, 3.8) is 0 Å². The minimum atomic E-state index is 0.506. The Morgan fingerprint density at radius 1 is 1.00 bits per heavy atom. The third-order valence-electron chi connectivity index (χ3n) is 4.50. The Bertz CT molecular complexity index is 1220. The molecule has 0 bridgehead atoms. The molecule has 1 aromatic carbocycles. The lowest BCUT2D eigenvalue weighted by Crippen LogP contribution is -1.93. The predicted molar refractivity (Wildman–Crippen MR) is 110 cm³/mol. The molecular weight excluding hydrogens is 368 g/mol. The van der Waals surface area contributed by atoms with Gasteiger partial charge in [-0.25, -0.2) is 0 Å². The zero-order valence-corrected chi connectivity index (χ0v) is 15.9. The fourth-order valence-electron chi connectivity index (χ4n) is 3.19. The number of benzene rings is 1. The van der Waals surface area contributed by atoms with E-state index in [1.807, 2.05) is 36.7 Å². The second-order valence-corrected chi connectivity index (χ2v) is 7.33. The topological polar surface area (TPSA) is 56.7 Å². The summed E-state index contributed by atoms with van der Waals surface area (Å²) in [7, 11) is 0. The Labute approximate surface area is 165 Å². The molecule has 5 nitrogen and oxygen atoms in total. The van der Waals surface area contributed by atoms with Crippen molar-refractivity contribution in [3.05, 3.63) is 84.3 Å². The van der Waals surface area contributed by atoms with Gasteiger partial charge >= 0.3 is 0 Å². The highest BCUT2D eigenvalue weighted by molar-refractivity contribution is 7.14. The largest absolute Gasteiger partial charge is 0.333 e. The lowest BCUT2D eigenvalue weighted by atomic mass is 10.0. The smallest absolute Gasteiger partial charge is 0.270 e. The second-order valence-electron chi connectivity index (χ2n) is 6.45. The highest BCUT2D eigenvalue weighted by Crippen LogP contribution is 2.41. The first-order valence-corrected chi connectivity index (χ1v) is 9.74. The van der Waals surface area contributed by atoms with Crippen LogP contribution in [0, 0.1) is 6.92 Å². The molecule has 0 amide bonds. The Kier molecular flexibility index (Phi) is 4.10. The average Bonchev–Trinajstić information content (AvgIpc) is 3.47. The molecule has 0 radical (unpaired) electrons. The molecular formula is C22H16N4OS. The van der Waals surface area contributed by atoms with Gasteiger partial charge in [-0.15, -0.1) is 11.3 Å². The number of hydrogen-bond donors (Lipinski definition) is 0. The number of pyridine rings is 1. The van der Waals surface area contributed by atoms with Crippen LogP contribution in [0.15, 0.2) is 83.2 Å². The normalized spacial score (nSPS) is 11.0. The number of aromatic nitrogens is 4. The van der Waals surface area contributed by atoms with Crippen molar-refractivity contribution >= 4 is 11.3 Å². The molecule has 0 atom stereocenters. The Morgan fingerprint density at radius 3 is 2.64 bits per heavy atom. The summed E-state index contributed by atoms with van der Waals surface area (Å²) in [6.45, 7) is 2.10. The summed E-state index contributed by atoms with van der Waals surface area (Å²) in [5.41, 5.74) is 5.40. The minimum Gasteiger partial charge on any atom is -0.333 e. The van der Waals surface area contributed by atoms with E-state index < -0.39 is 0 Å². The molecule has 0 unspecified atom stereocenters. The third-order valence-corrected chi connectivity index (χ3v) is 5.45. The minimum absolute atomic E-state index is 0.506. The molecule has 0 saturated heterocycles. The lowest BCUT2D eigenvalue weighted by Gasteiger charge is -2.08. The van der Waals surface area contributed by atoms with Crippen molar-refractivity contribution in [3.8, 4) is 39.0 Å². The van der Waals surface area contributed by atoms with E-state index >= 15 is 0 Å². The molecule has 136 valence electrons. The van der Waals surface area contributed by atoms with E-state index in [1.54, 1.807) is 23.7 Å². The van der Waals surface area contributed by atoms with Gasteiger partial charge in [-0.2, -0.15) is 4.98 Å². The van der Waals surface area contributed by atoms with Crippen LogP contribution in [-0.2, 0) is 0 Å². The van der Waals surface area contributed by atoms with E-state index in [0.29, 0.717) is 11.7 Å². The van der Waals surface area contributed by atoms with Crippen LogP contribution in [0.1, 0.15) is 5.56 Å². The van der Waals surface area contributed by atoms with Crippen LogP contribution in [0.25, 0.3) is 39.0 Å². The molecule has 4 heterocycles. The fourth-order valence-corrected chi connectivity index (χ4v) is 4.18. The maximum atomic E-state index is 5.62. The van der Waals surface area contributed by atoms with Gasteiger partial charge in [0.1, 0.15) is 4.88 Å². The number of rotatable bonds is 4. The molecule has 0 N–H and O–H groups in total. The van der Waals surface area contributed by atoms with Gasteiger partial charge < -0.3 is 9.09 Å². The van der Waals surface area contributed by atoms with Gasteiger partial charge in [0.25, 0.3) is 5.89 Å². The van der Waals surface area contributed by atoms with Gasteiger partial charge in [0.05, 0.1) is 5.69 Å². The highest BCUT2D eigenvalue weighted by atomic mass is 32.1. The van der Waals surface area contributed by atoms with Crippen LogP contribution < -0.4 is 0 Å². The molecule has 0 aliphatic carbocycles. The van der Waals surface area contributed by atoms with Gasteiger partial charge in [0.15, 0.2) is 0 Å². The van der Waals surface area contributed by atoms with Gasteiger partial charge in [0.2, 0.25) is 5.82 Å². The van der Waals surface area contributed by atoms with Gasteiger partial charge in [-0.1, -0.05) is 35.0 Å². The standard InChI is InChI=1S/C22H16N4OS/c1-15-6-4-7-16(12-15)18-14-28-20(19(18)26-10-2-3-11-26)22-24-21(25-27-22)17-8-5-9-23-13-17/h2-14H,1H3. The molecule has 28 heavy (non-hydrogen) atoms. The molecule has 0 fully saturated rings. The summed E-state index contributed by atoms with van der Waals surface area (Å²) in [5.74, 6) is 1.04. The highest BCUT2D eigenvalue weighted by Gasteiger charge is 2.21. The van der Waals surface area contributed by atoms with E-state index in [4.69, 9.17) is 4.52 Å². The van der Waals surface area contributed by atoms with Crippen LogP contribution in [0.3, 0.4) is 0 Å². The number of aryl methyl sites for hydroxylation is 1. The predicted octanol–water partition coefficient (Wildman–Crippen LogP) is 5.63. The van der Waals surface area contributed by atoms with Crippen molar-refractivity contribution in [1.82, 2.24) is 19.7 Å². The van der Waals surface area contributed by atoms with Crippen LogP contribution >= 0.6 is 11.3 Å². The average molecular weight is 384 g/mol. The van der Waals surface area contributed by atoms with Gasteiger partial charge in [0, 0.05) is 41.3 Å². The maximum absolute atomic E-state index is 5.62. The summed E-state index contributed by atoms with van der Waals surface area (Å²) in [4.78, 5) is 9.70. The second kappa shape index (κ2) is 6.90. The number of thiophene rings is 1. The van der Waals surface area contributed by atoms with Crippen molar-refractivity contribution in [1.29, 1.82) is 0 Å². The molecule has 5 rings (SSSR count). The summed E-state index contributed by atoms with van der Waals surface area (Å²) in [6.07, 6.45) is 7.52. The third kappa shape index (κ3) is 2.93. The van der Waals surface area contributed by atoms with Crippen LogP contribution in [0.5, 0.6) is 0 Å². The Hall–Kier alpha value is -3.51. The van der Waals surface area contributed by atoms with E-state index in [-0.39, 0.29) is 0 Å². The number of hydrogen-bond acceptors (Lipinski definition) is 5. The summed E-state index contributed by atoms with van der Waals surface area (Å²) < 4.78 is 7.72. The first-order chi connectivity index (χ1) is 13.8. The van der Waals surface area contributed by atoms with Crippen LogP contribution in [-0.4, -0.2) is 19.7 Å². The molecule has 0 spiro atoms. The molecule has 0 aliphatic heterocycles. The van der Waals surface area contributed by atoms with Crippen LogP contribution in [0.4, 0.5) is 0 Å². The Balaban J connectivity index is 1.66. The lowest BCUT2D eigenvalue weighted by molar-refractivity contribution is 0.433. The first kappa shape index (κ1) is 16.6. The summed E-state index contributed by atoms with van der Waals surface area (Å²) in [5, 5.41) is 6.30. The summed E-state index contributed by atoms with van der Waals surface area (Å²) in [6, 6.07) is 16.3. The number of nitrogens with zero attached hydrogens (tertiary/aromatic N) is 4. The molecule has 5 aromatic rings. The quantitative estimate of drug-likeness (QED) is 0.403. The van der Waals surface area contributed by atoms with E-state index in [9.17, 15) is 0 Å². The maximum Gasteiger partial charge on any atom is 0.270 e. The van der Waals surface area contributed by atoms with Crippen LogP contribution in [0.2, 0.25) is 0 Å². The summed E-state index contributed by atoms with van der Waals surface area (Å²) >= 11 is 1.60. The Morgan fingerprint density at radius 2 is 1.86 bits per heavy atom. The molecule has 0 saturated carbocycles. The monoisotopic (exact) mass is 384 g/mol. The SMILES string of the molecule is Cc1cccc(-c2csc(-c3nc(-c4cccnc4)no3)c2-n2cccc2)c1. The zero-order valence-electron chi connectivity index (χ0n) is 15.1. The molecule has 0 aliphatic rings. The molecule has 6 heteroatoms. The van der Waals surface area contributed by atoms with Crippen molar-refractivity contribution in [2.45, 2.75) is 6.92 Å². The van der Waals surface area contributed by atoms with E-state index in [1.165, 1.54) is 5.56 Å². The van der Waals surface area contributed by atoms with Gasteiger partial charge in [-0.3, -0.25) is 4.98 Å². The first-order valence-electron chi connectivity index (χ1n) is 8.86. The zero-order chi connectivity index (χ0) is 18.9. The van der Waals surface area contributed by atoms with Crippen molar-refractivity contribution < 1.29 is 4.52 Å². The van der Waals surface area contributed by atoms with Crippen molar-refractivity contribution in [2.24, 2.45) is 0 Å². The van der Waals surface area contributed by atoms with E-state index in [0.717, 1.165) is 27.3 Å².